The molecule has 0 atom stereocenters. The van der Waals surface area contributed by atoms with Crippen molar-refractivity contribution in [1.82, 2.24) is 4.90 Å². The molecule has 19 heavy (non-hydrogen) atoms. The summed E-state index contributed by atoms with van der Waals surface area (Å²) in [4.78, 5) is 13.9. The van der Waals surface area contributed by atoms with Crippen molar-refractivity contribution in [3.05, 3.63) is 29.8 Å². The Morgan fingerprint density at radius 2 is 2.05 bits per heavy atom. The number of carbonyl (C=O) groups is 1. The van der Waals surface area contributed by atoms with Gasteiger partial charge in [0.15, 0.2) is 0 Å². The molecule has 0 spiro atoms. The molecule has 5 nitrogen and oxygen atoms in total. The van der Waals surface area contributed by atoms with Crippen molar-refractivity contribution in [3.8, 4) is 5.75 Å². The molecule has 5 heteroatoms. The van der Waals surface area contributed by atoms with E-state index in [2.05, 4.69) is 0 Å². The Hall–Kier alpha value is -1.59. The van der Waals surface area contributed by atoms with Gasteiger partial charge in [0.1, 0.15) is 5.75 Å². The molecule has 2 N–H and O–H groups in total. The van der Waals surface area contributed by atoms with Crippen molar-refractivity contribution >= 4 is 5.91 Å². The molecule has 0 aliphatic carbocycles. The Kier molecular flexibility index (Phi) is 5.32. The fraction of sp³-hybridized carbons (Fsp3) is 0.500. The van der Waals surface area contributed by atoms with Crippen LogP contribution < -0.4 is 4.74 Å². The summed E-state index contributed by atoms with van der Waals surface area (Å²) in [6, 6.07) is 6.81. The SMILES string of the molecule is COc1cccc(C(=O)N(CCO)C(C)(C)CO)c1. The number of rotatable bonds is 6. The highest BCUT2D eigenvalue weighted by Crippen LogP contribution is 2.20. The summed E-state index contributed by atoms with van der Waals surface area (Å²) in [5.74, 6) is 0.351. The Bertz CT molecular complexity index is 431. The van der Waals surface area contributed by atoms with Crippen LogP contribution in [0.2, 0.25) is 0 Å². The summed E-state index contributed by atoms with van der Waals surface area (Å²) in [6.45, 7) is 3.34. The first-order valence-electron chi connectivity index (χ1n) is 6.14. The number of hydrogen-bond donors (Lipinski definition) is 2. The van der Waals surface area contributed by atoms with E-state index >= 15 is 0 Å². The maximum atomic E-state index is 12.5. The van der Waals surface area contributed by atoms with Gasteiger partial charge in [-0.05, 0) is 32.0 Å². The van der Waals surface area contributed by atoms with E-state index in [1.807, 2.05) is 0 Å². The molecule has 0 aromatic heterocycles. The molecule has 1 aromatic carbocycles. The Morgan fingerprint density at radius 1 is 1.37 bits per heavy atom. The van der Waals surface area contributed by atoms with E-state index in [9.17, 15) is 9.90 Å². The summed E-state index contributed by atoms with van der Waals surface area (Å²) in [5.41, 5.74) is -0.266. The van der Waals surface area contributed by atoms with Gasteiger partial charge in [-0.25, -0.2) is 0 Å². The van der Waals surface area contributed by atoms with Gasteiger partial charge in [-0.2, -0.15) is 0 Å². The van der Waals surface area contributed by atoms with Crippen LogP contribution in [0.15, 0.2) is 24.3 Å². The summed E-state index contributed by atoms with van der Waals surface area (Å²) in [5, 5.41) is 18.5. The maximum Gasteiger partial charge on any atom is 0.254 e. The molecule has 0 unspecified atom stereocenters. The standard InChI is InChI=1S/C14H21NO4/c1-14(2,10-17)15(7-8-16)13(18)11-5-4-6-12(9-11)19-3/h4-6,9,16-17H,7-8,10H2,1-3H3. The van der Waals surface area contributed by atoms with Gasteiger partial charge >= 0.3 is 0 Å². The highest BCUT2D eigenvalue weighted by Gasteiger charge is 2.30. The summed E-state index contributed by atoms with van der Waals surface area (Å²) >= 11 is 0. The van der Waals surface area contributed by atoms with E-state index in [4.69, 9.17) is 9.84 Å². The van der Waals surface area contributed by atoms with Gasteiger partial charge in [0.2, 0.25) is 0 Å². The fourth-order valence-corrected chi connectivity index (χ4v) is 1.78. The van der Waals surface area contributed by atoms with Gasteiger partial charge in [0.05, 0.1) is 25.9 Å². The molecular weight excluding hydrogens is 246 g/mol. The highest BCUT2D eigenvalue weighted by molar-refractivity contribution is 5.95. The number of carbonyl (C=O) groups excluding carboxylic acids is 1. The zero-order valence-electron chi connectivity index (χ0n) is 11.6. The average Bonchev–Trinajstić information content (AvgIpc) is 2.43. The third-order valence-corrected chi connectivity index (χ3v) is 3.00. The van der Waals surface area contributed by atoms with Gasteiger partial charge < -0.3 is 19.8 Å². The molecular formula is C14H21NO4. The first-order valence-corrected chi connectivity index (χ1v) is 6.14. The van der Waals surface area contributed by atoms with E-state index in [-0.39, 0.29) is 25.7 Å². The molecule has 0 saturated carbocycles. The van der Waals surface area contributed by atoms with Crippen LogP contribution in [-0.4, -0.2) is 53.4 Å². The van der Waals surface area contributed by atoms with Crippen molar-refractivity contribution in [2.45, 2.75) is 19.4 Å². The van der Waals surface area contributed by atoms with E-state index in [1.54, 1.807) is 38.1 Å². The molecule has 0 aliphatic heterocycles. The fourth-order valence-electron chi connectivity index (χ4n) is 1.78. The van der Waals surface area contributed by atoms with E-state index in [0.717, 1.165) is 0 Å². The number of β-amino-alcohol motifs (C(OH)–C–C–N with tert-alkyl or cyclic N) is 1. The number of hydrogen-bond acceptors (Lipinski definition) is 4. The van der Waals surface area contributed by atoms with Crippen LogP contribution in [0.5, 0.6) is 5.75 Å². The molecule has 1 rings (SSSR count). The quantitative estimate of drug-likeness (QED) is 0.803. The van der Waals surface area contributed by atoms with Gasteiger partial charge in [-0.1, -0.05) is 6.07 Å². The number of aliphatic hydroxyl groups is 2. The van der Waals surface area contributed by atoms with Crippen LogP contribution in [-0.2, 0) is 0 Å². The predicted molar refractivity (Wildman–Crippen MR) is 72.3 cm³/mol. The Labute approximate surface area is 113 Å². The predicted octanol–water partition coefficient (Wildman–Crippen LogP) is 0.901. The zero-order chi connectivity index (χ0) is 14.5. The maximum absolute atomic E-state index is 12.5. The summed E-state index contributed by atoms with van der Waals surface area (Å²) in [7, 11) is 1.53. The minimum absolute atomic E-state index is 0.154. The Balaban J connectivity index is 3.05. The Morgan fingerprint density at radius 3 is 2.58 bits per heavy atom. The lowest BCUT2D eigenvalue weighted by Gasteiger charge is -2.37. The smallest absolute Gasteiger partial charge is 0.254 e. The largest absolute Gasteiger partial charge is 0.497 e. The van der Waals surface area contributed by atoms with Crippen LogP contribution in [0, 0.1) is 0 Å². The number of ether oxygens (including phenoxy) is 1. The molecule has 1 amide bonds. The molecule has 0 radical (unpaired) electrons. The molecule has 0 bridgehead atoms. The third kappa shape index (κ3) is 3.68. The van der Waals surface area contributed by atoms with E-state index in [1.165, 1.54) is 12.0 Å². The van der Waals surface area contributed by atoms with E-state index in [0.29, 0.717) is 11.3 Å². The number of amides is 1. The number of benzene rings is 1. The molecule has 106 valence electrons. The van der Waals surface area contributed by atoms with Crippen molar-refractivity contribution in [2.24, 2.45) is 0 Å². The lowest BCUT2D eigenvalue weighted by atomic mass is 10.0. The van der Waals surface area contributed by atoms with Crippen LogP contribution >= 0.6 is 0 Å². The second-order valence-electron chi connectivity index (χ2n) is 4.88. The van der Waals surface area contributed by atoms with Crippen LogP contribution in [0.4, 0.5) is 0 Å². The topological polar surface area (TPSA) is 70.0 Å². The van der Waals surface area contributed by atoms with Gasteiger partial charge in [-0.15, -0.1) is 0 Å². The lowest BCUT2D eigenvalue weighted by molar-refractivity contribution is 0.0308. The minimum Gasteiger partial charge on any atom is -0.497 e. The van der Waals surface area contributed by atoms with Gasteiger partial charge in [0, 0.05) is 12.1 Å². The van der Waals surface area contributed by atoms with E-state index < -0.39 is 5.54 Å². The second-order valence-corrected chi connectivity index (χ2v) is 4.88. The molecule has 0 aliphatic rings. The number of nitrogens with zero attached hydrogens (tertiary/aromatic N) is 1. The van der Waals surface area contributed by atoms with Crippen molar-refractivity contribution < 1.29 is 19.7 Å². The summed E-state index contributed by atoms with van der Waals surface area (Å²) < 4.78 is 5.09. The van der Waals surface area contributed by atoms with Crippen LogP contribution in [0.25, 0.3) is 0 Å². The molecule has 0 fully saturated rings. The normalized spacial score (nSPS) is 11.2. The second kappa shape index (κ2) is 6.54. The molecule has 0 saturated heterocycles. The van der Waals surface area contributed by atoms with Crippen LogP contribution in [0.3, 0.4) is 0 Å². The third-order valence-electron chi connectivity index (χ3n) is 3.00. The molecule has 0 heterocycles. The van der Waals surface area contributed by atoms with Crippen molar-refractivity contribution in [1.29, 1.82) is 0 Å². The lowest BCUT2D eigenvalue weighted by Crippen LogP contribution is -2.51. The number of aliphatic hydroxyl groups excluding tert-OH is 2. The average molecular weight is 267 g/mol. The first-order chi connectivity index (χ1) is 8.96. The monoisotopic (exact) mass is 267 g/mol. The number of methoxy groups -OCH3 is 1. The first kappa shape index (κ1) is 15.5. The zero-order valence-corrected chi connectivity index (χ0v) is 11.6. The van der Waals surface area contributed by atoms with Crippen molar-refractivity contribution in [2.75, 3.05) is 26.9 Å². The highest BCUT2D eigenvalue weighted by atomic mass is 16.5. The van der Waals surface area contributed by atoms with Gasteiger partial charge in [-0.3, -0.25) is 4.79 Å². The van der Waals surface area contributed by atoms with Gasteiger partial charge in [0.25, 0.3) is 5.91 Å². The van der Waals surface area contributed by atoms with Crippen molar-refractivity contribution in [3.63, 3.8) is 0 Å². The minimum atomic E-state index is -0.733. The summed E-state index contributed by atoms with van der Waals surface area (Å²) in [6.07, 6.45) is 0. The molecule has 1 aromatic rings. The van der Waals surface area contributed by atoms with Crippen LogP contribution in [0.1, 0.15) is 24.2 Å².